The minimum absolute atomic E-state index is 0.0235. The van der Waals surface area contributed by atoms with Crippen LogP contribution in [-0.4, -0.2) is 16.5 Å². The number of halogens is 2. The van der Waals surface area contributed by atoms with Crippen molar-refractivity contribution in [2.45, 2.75) is 35.5 Å². The van der Waals surface area contributed by atoms with Gasteiger partial charge in [-0.1, -0.05) is 22.9 Å². The van der Waals surface area contributed by atoms with Crippen LogP contribution < -0.4 is 5.32 Å². The normalized spacial score (nSPS) is 20.1. The highest BCUT2D eigenvalue weighted by Gasteiger charge is 2.24. The van der Waals surface area contributed by atoms with Gasteiger partial charge in [-0.2, -0.15) is 0 Å². The van der Waals surface area contributed by atoms with Crippen LogP contribution in [0.25, 0.3) is 0 Å². The number of alkyl halides is 1. The van der Waals surface area contributed by atoms with Crippen LogP contribution in [0.5, 0.6) is 0 Å². The molecule has 0 aromatic heterocycles. The lowest BCUT2D eigenvalue weighted by Crippen LogP contribution is -2.35. The van der Waals surface area contributed by atoms with Crippen molar-refractivity contribution in [1.29, 1.82) is 0 Å². The topological polar surface area (TPSA) is 29.1 Å². The van der Waals surface area contributed by atoms with Gasteiger partial charge in [-0.15, -0.1) is 11.8 Å². The molecule has 1 amide bonds. The molecule has 0 fully saturated rings. The van der Waals surface area contributed by atoms with E-state index in [9.17, 15) is 9.18 Å². The van der Waals surface area contributed by atoms with Gasteiger partial charge in [0.2, 0.25) is 5.91 Å². The Hall–Kier alpha value is -0.550. The van der Waals surface area contributed by atoms with Gasteiger partial charge in [0, 0.05) is 10.6 Å². The van der Waals surface area contributed by atoms with Crippen molar-refractivity contribution in [2.75, 3.05) is 5.75 Å². The fraction of sp³-hybridized carbons (Fsp3) is 0.462. The second kappa shape index (κ2) is 6.06. The summed E-state index contributed by atoms with van der Waals surface area (Å²) in [5.41, 5.74) is 0.899. The Kier molecular flexibility index (Phi) is 4.67. The summed E-state index contributed by atoms with van der Waals surface area (Å²) in [6, 6.07) is 4.71. The maximum absolute atomic E-state index is 13.3. The van der Waals surface area contributed by atoms with E-state index in [2.05, 4.69) is 21.2 Å². The minimum atomic E-state index is -0.249. The maximum atomic E-state index is 13.3. The number of nitrogens with one attached hydrogen (secondary N) is 1. The Balaban J connectivity index is 2.17. The Bertz CT molecular complexity index is 455. The number of hydrogen-bond donors (Lipinski definition) is 1. The van der Waals surface area contributed by atoms with Crippen molar-refractivity contribution in [3.8, 4) is 0 Å². The van der Waals surface area contributed by atoms with Gasteiger partial charge in [0.1, 0.15) is 5.82 Å². The SMILES string of the molecule is CCC(Br)C(=O)NC1CCSc2ccc(F)cc21. The van der Waals surface area contributed by atoms with E-state index >= 15 is 0 Å². The van der Waals surface area contributed by atoms with E-state index in [0.717, 1.165) is 29.1 Å². The Labute approximate surface area is 119 Å². The zero-order valence-electron chi connectivity index (χ0n) is 10.1. The van der Waals surface area contributed by atoms with Crippen molar-refractivity contribution in [3.63, 3.8) is 0 Å². The molecule has 1 aromatic rings. The number of benzene rings is 1. The summed E-state index contributed by atoms with van der Waals surface area (Å²) in [7, 11) is 0. The van der Waals surface area contributed by atoms with Crippen molar-refractivity contribution < 1.29 is 9.18 Å². The average molecular weight is 332 g/mol. The van der Waals surface area contributed by atoms with Crippen LogP contribution in [0.2, 0.25) is 0 Å². The second-order valence-electron chi connectivity index (χ2n) is 4.26. The van der Waals surface area contributed by atoms with E-state index in [1.54, 1.807) is 17.8 Å². The van der Waals surface area contributed by atoms with Crippen LogP contribution >= 0.6 is 27.7 Å². The monoisotopic (exact) mass is 331 g/mol. The van der Waals surface area contributed by atoms with E-state index in [0.29, 0.717) is 0 Å². The lowest BCUT2D eigenvalue weighted by atomic mass is 10.0. The predicted molar refractivity (Wildman–Crippen MR) is 75.6 cm³/mol. The maximum Gasteiger partial charge on any atom is 0.234 e. The van der Waals surface area contributed by atoms with Crippen LogP contribution in [0, 0.1) is 5.82 Å². The average Bonchev–Trinajstić information content (AvgIpc) is 2.38. The molecule has 0 radical (unpaired) electrons. The molecule has 0 saturated heterocycles. The standard InChI is InChI=1S/C13H15BrFNOS/c1-2-10(14)13(17)16-11-5-6-18-12-4-3-8(15)7-9(11)12/h3-4,7,10-11H,2,5-6H2,1H3,(H,16,17). The van der Waals surface area contributed by atoms with E-state index in [-0.39, 0.29) is 22.6 Å². The molecule has 2 atom stereocenters. The number of thioether (sulfide) groups is 1. The van der Waals surface area contributed by atoms with Gasteiger partial charge in [-0.25, -0.2) is 4.39 Å². The quantitative estimate of drug-likeness (QED) is 0.856. The van der Waals surface area contributed by atoms with Gasteiger partial charge in [0.25, 0.3) is 0 Å². The fourth-order valence-electron chi connectivity index (χ4n) is 1.96. The minimum Gasteiger partial charge on any atom is -0.348 e. The summed E-state index contributed by atoms with van der Waals surface area (Å²) in [5, 5.41) is 2.99. The van der Waals surface area contributed by atoms with E-state index < -0.39 is 0 Å². The van der Waals surface area contributed by atoms with Crippen molar-refractivity contribution >= 4 is 33.6 Å². The first-order chi connectivity index (χ1) is 8.61. The second-order valence-corrected chi connectivity index (χ2v) is 6.50. The first kappa shape index (κ1) is 13.9. The van der Waals surface area contributed by atoms with E-state index in [1.165, 1.54) is 12.1 Å². The predicted octanol–water partition coefficient (Wildman–Crippen LogP) is 3.65. The molecular weight excluding hydrogens is 317 g/mol. The van der Waals surface area contributed by atoms with Crippen LogP contribution in [0.15, 0.2) is 23.1 Å². The fourth-order valence-corrected chi connectivity index (χ4v) is 3.20. The lowest BCUT2D eigenvalue weighted by molar-refractivity contribution is -0.121. The zero-order chi connectivity index (χ0) is 13.1. The molecule has 2 unspecified atom stereocenters. The number of rotatable bonds is 3. The summed E-state index contributed by atoms with van der Waals surface area (Å²) in [6.07, 6.45) is 1.58. The highest BCUT2D eigenvalue weighted by Crippen LogP contribution is 2.36. The molecule has 1 aliphatic heterocycles. The van der Waals surface area contributed by atoms with E-state index in [1.807, 2.05) is 6.92 Å². The Morgan fingerprint density at radius 1 is 1.67 bits per heavy atom. The van der Waals surface area contributed by atoms with Crippen LogP contribution in [0.4, 0.5) is 4.39 Å². The molecule has 0 saturated carbocycles. The molecule has 1 aliphatic rings. The summed E-state index contributed by atoms with van der Waals surface area (Å²) < 4.78 is 13.3. The first-order valence-electron chi connectivity index (χ1n) is 5.98. The largest absolute Gasteiger partial charge is 0.348 e. The van der Waals surface area contributed by atoms with Crippen LogP contribution in [0.3, 0.4) is 0 Å². The summed E-state index contributed by atoms with van der Waals surface area (Å²) in [5.74, 6) is 0.675. The number of amides is 1. The van der Waals surface area contributed by atoms with Gasteiger partial charge >= 0.3 is 0 Å². The molecule has 0 spiro atoms. The summed E-state index contributed by atoms with van der Waals surface area (Å²) >= 11 is 5.04. The van der Waals surface area contributed by atoms with Crippen molar-refractivity contribution in [2.24, 2.45) is 0 Å². The highest BCUT2D eigenvalue weighted by molar-refractivity contribution is 9.10. The highest BCUT2D eigenvalue weighted by atomic mass is 79.9. The molecule has 2 nitrogen and oxygen atoms in total. The third-order valence-electron chi connectivity index (χ3n) is 2.97. The number of carbonyl (C=O) groups excluding carboxylic acids is 1. The molecule has 0 aliphatic carbocycles. The molecule has 1 N–H and O–H groups in total. The van der Waals surface area contributed by atoms with Gasteiger partial charge in [-0.3, -0.25) is 4.79 Å². The molecule has 98 valence electrons. The Morgan fingerprint density at radius 2 is 2.44 bits per heavy atom. The number of hydrogen-bond acceptors (Lipinski definition) is 2. The number of carbonyl (C=O) groups is 1. The van der Waals surface area contributed by atoms with E-state index in [4.69, 9.17) is 0 Å². The number of fused-ring (bicyclic) bond motifs is 1. The first-order valence-corrected chi connectivity index (χ1v) is 7.88. The third-order valence-corrected chi connectivity index (χ3v) is 5.16. The van der Waals surface area contributed by atoms with Gasteiger partial charge in [0.05, 0.1) is 10.9 Å². The zero-order valence-corrected chi connectivity index (χ0v) is 12.5. The molecular formula is C13H15BrFNOS. The summed E-state index contributed by atoms with van der Waals surface area (Å²) in [4.78, 5) is 12.8. The summed E-state index contributed by atoms with van der Waals surface area (Å²) in [6.45, 7) is 1.95. The van der Waals surface area contributed by atoms with Gasteiger partial charge in [0.15, 0.2) is 0 Å². The van der Waals surface area contributed by atoms with Crippen LogP contribution in [-0.2, 0) is 4.79 Å². The lowest BCUT2D eigenvalue weighted by Gasteiger charge is -2.26. The smallest absolute Gasteiger partial charge is 0.234 e. The van der Waals surface area contributed by atoms with Crippen molar-refractivity contribution in [1.82, 2.24) is 5.32 Å². The molecule has 18 heavy (non-hydrogen) atoms. The third kappa shape index (κ3) is 3.06. The molecule has 0 bridgehead atoms. The molecule has 5 heteroatoms. The molecule has 2 rings (SSSR count). The van der Waals surface area contributed by atoms with Crippen LogP contribution in [0.1, 0.15) is 31.4 Å². The molecule has 1 heterocycles. The van der Waals surface area contributed by atoms with Gasteiger partial charge < -0.3 is 5.32 Å². The van der Waals surface area contributed by atoms with Gasteiger partial charge in [-0.05, 0) is 36.6 Å². The Morgan fingerprint density at radius 3 is 3.17 bits per heavy atom. The molecule has 1 aromatic carbocycles. The van der Waals surface area contributed by atoms with Crippen molar-refractivity contribution in [3.05, 3.63) is 29.6 Å².